The van der Waals surface area contributed by atoms with Crippen LogP contribution in [0.2, 0.25) is 0 Å². The summed E-state index contributed by atoms with van der Waals surface area (Å²) in [6.07, 6.45) is 0. The second-order valence-electron chi connectivity index (χ2n) is 1.71. The molecule has 0 fully saturated rings. The lowest BCUT2D eigenvalue weighted by Crippen LogP contribution is -2.29. The van der Waals surface area contributed by atoms with Gasteiger partial charge in [-0.3, -0.25) is 4.57 Å². The van der Waals surface area contributed by atoms with E-state index in [1.54, 1.807) is 0 Å². The Morgan fingerprint density at radius 3 is 1.83 bits per heavy atom. The Kier molecular flexibility index (Phi) is 3.32. The molecule has 0 aliphatic carbocycles. The van der Waals surface area contributed by atoms with E-state index in [-0.39, 0.29) is 0 Å². The van der Waals surface area contributed by atoms with E-state index in [1.165, 1.54) is 0 Å². The lowest BCUT2D eigenvalue weighted by atomic mass is 10.7. The Morgan fingerprint density at radius 1 is 1.42 bits per heavy atom. The number of carbonyl (C=O) groups is 1. The minimum absolute atomic E-state index is 0.682. The van der Waals surface area contributed by atoms with Crippen molar-refractivity contribution in [3.8, 4) is 0 Å². The molecule has 1 N–H and O–H groups in total. The highest BCUT2D eigenvalue weighted by Crippen LogP contribution is 2.60. The first kappa shape index (κ1) is 11.5. The predicted molar refractivity (Wildman–Crippen MR) is 34.2 cm³/mol. The summed E-state index contributed by atoms with van der Waals surface area (Å²) in [6, 6.07) is 0. The highest BCUT2D eigenvalue weighted by molar-refractivity contribution is 7.56. The van der Waals surface area contributed by atoms with Crippen molar-refractivity contribution in [1.82, 2.24) is 0 Å². The average molecular weight is 204 g/mol. The van der Waals surface area contributed by atoms with Gasteiger partial charge < -0.3 is 14.2 Å². The maximum atomic E-state index is 12.5. The van der Waals surface area contributed by atoms with Gasteiger partial charge in [0.05, 0.1) is 0 Å². The first-order valence-corrected chi connectivity index (χ1v) is 4.19. The number of rotatable bonds is 4. The van der Waals surface area contributed by atoms with Gasteiger partial charge in [-0.25, -0.2) is 4.79 Å². The minimum atomic E-state index is -4.87. The van der Waals surface area contributed by atoms with Crippen molar-refractivity contribution in [2.45, 2.75) is 5.66 Å². The normalized spacial score (nSPS) is 13.0. The number of carboxylic acid groups (broad SMARTS) is 1. The van der Waals surface area contributed by atoms with Gasteiger partial charge >= 0.3 is 19.2 Å². The molecule has 0 aromatic carbocycles. The summed E-state index contributed by atoms with van der Waals surface area (Å²) in [5.74, 6) is -2.55. The van der Waals surface area contributed by atoms with Crippen molar-refractivity contribution < 1.29 is 32.3 Å². The quantitative estimate of drug-likeness (QED) is 0.695. The van der Waals surface area contributed by atoms with E-state index in [0.717, 1.165) is 0 Å². The van der Waals surface area contributed by atoms with Crippen LogP contribution in [0, 0.1) is 0 Å². The van der Waals surface area contributed by atoms with Gasteiger partial charge in [0.2, 0.25) is 0 Å². The zero-order chi connectivity index (χ0) is 9.99. The Morgan fingerprint density at radius 2 is 1.75 bits per heavy atom. The molecule has 0 saturated carbocycles. The van der Waals surface area contributed by atoms with Crippen molar-refractivity contribution in [2.24, 2.45) is 0 Å². The molecule has 0 atom stereocenters. The van der Waals surface area contributed by atoms with Crippen LogP contribution in [0.3, 0.4) is 0 Å². The number of carboxylic acids is 1. The van der Waals surface area contributed by atoms with Crippen LogP contribution in [0.5, 0.6) is 0 Å². The summed E-state index contributed by atoms with van der Waals surface area (Å²) in [6.45, 7) is 0. The third-order valence-corrected chi connectivity index (χ3v) is 2.92. The molecule has 0 rings (SSSR count). The van der Waals surface area contributed by atoms with Crippen LogP contribution in [0.15, 0.2) is 0 Å². The molecule has 12 heavy (non-hydrogen) atoms. The Bertz CT molecular complexity index is 219. The molecule has 0 radical (unpaired) electrons. The molecule has 0 heterocycles. The van der Waals surface area contributed by atoms with Crippen LogP contribution in [0.4, 0.5) is 8.78 Å². The number of hydrogen-bond donors (Lipinski definition) is 1. The maximum Gasteiger partial charge on any atom is 0.440 e. The number of aliphatic carboxylic acids is 1. The summed E-state index contributed by atoms with van der Waals surface area (Å²) in [5, 5.41) is 7.96. The first-order chi connectivity index (χ1) is 5.31. The fraction of sp³-hybridized carbons (Fsp3) is 0.750. The molecule has 8 heteroatoms. The molecular formula is C4H7F2O5P. The highest BCUT2D eigenvalue weighted by Gasteiger charge is 2.59. The van der Waals surface area contributed by atoms with Gasteiger partial charge in [-0.2, -0.15) is 8.78 Å². The van der Waals surface area contributed by atoms with Crippen molar-refractivity contribution in [2.75, 3.05) is 14.2 Å². The third-order valence-electron chi connectivity index (χ3n) is 1.08. The molecule has 72 valence electrons. The van der Waals surface area contributed by atoms with E-state index in [4.69, 9.17) is 5.11 Å². The molecule has 0 unspecified atom stereocenters. The van der Waals surface area contributed by atoms with E-state index < -0.39 is 19.2 Å². The molecule has 0 aromatic heterocycles. The van der Waals surface area contributed by atoms with Crippen LogP contribution in [0.25, 0.3) is 0 Å². The molecule has 5 nitrogen and oxygen atoms in total. The van der Waals surface area contributed by atoms with Gasteiger partial charge in [0.25, 0.3) is 0 Å². The smallest absolute Gasteiger partial charge is 0.440 e. The van der Waals surface area contributed by atoms with Crippen LogP contribution in [-0.2, 0) is 18.4 Å². The molecular weight excluding hydrogens is 197 g/mol. The third kappa shape index (κ3) is 1.63. The van der Waals surface area contributed by atoms with Crippen molar-refractivity contribution in [3.05, 3.63) is 0 Å². The SMILES string of the molecule is COP(=O)(OC)C(F)(F)C(=O)O. The largest absolute Gasteiger partial charge is 0.476 e. The van der Waals surface area contributed by atoms with Crippen LogP contribution in [0.1, 0.15) is 0 Å². The molecule has 0 amide bonds. The van der Waals surface area contributed by atoms with Gasteiger partial charge in [-0.1, -0.05) is 0 Å². The fourth-order valence-corrected chi connectivity index (χ4v) is 1.26. The van der Waals surface area contributed by atoms with Gasteiger partial charge in [0.1, 0.15) is 0 Å². The molecule has 0 saturated heterocycles. The van der Waals surface area contributed by atoms with E-state index in [0.29, 0.717) is 14.2 Å². The summed E-state index contributed by atoms with van der Waals surface area (Å²) in [7, 11) is -3.51. The zero-order valence-electron chi connectivity index (χ0n) is 6.28. The van der Waals surface area contributed by atoms with Gasteiger partial charge in [-0.05, 0) is 0 Å². The van der Waals surface area contributed by atoms with E-state index >= 15 is 0 Å². The Balaban J connectivity index is 4.98. The Labute approximate surface area is 66.8 Å². The number of hydrogen-bond acceptors (Lipinski definition) is 4. The topological polar surface area (TPSA) is 72.8 Å². The monoisotopic (exact) mass is 204 g/mol. The molecule has 0 aliphatic heterocycles. The minimum Gasteiger partial charge on any atom is -0.476 e. The maximum absolute atomic E-state index is 12.5. The van der Waals surface area contributed by atoms with E-state index in [1.807, 2.05) is 0 Å². The van der Waals surface area contributed by atoms with E-state index in [2.05, 4.69) is 9.05 Å². The van der Waals surface area contributed by atoms with Crippen LogP contribution < -0.4 is 0 Å². The van der Waals surface area contributed by atoms with Crippen LogP contribution >= 0.6 is 7.60 Å². The standard InChI is InChI=1S/C4H7F2O5P/c1-10-12(9,11-2)4(5,6)3(7)8/h1-2H3,(H,7,8). The van der Waals surface area contributed by atoms with E-state index in [9.17, 15) is 18.1 Å². The second kappa shape index (κ2) is 3.47. The summed E-state index contributed by atoms with van der Waals surface area (Å²) < 4.78 is 43.4. The first-order valence-electron chi connectivity index (χ1n) is 2.64. The number of alkyl halides is 2. The van der Waals surface area contributed by atoms with Crippen LogP contribution in [-0.4, -0.2) is 31.0 Å². The summed E-state index contributed by atoms with van der Waals surface area (Å²) in [4.78, 5) is 9.90. The summed E-state index contributed by atoms with van der Waals surface area (Å²) >= 11 is 0. The lowest BCUT2D eigenvalue weighted by molar-refractivity contribution is -0.155. The Hall–Kier alpha value is -0.520. The van der Waals surface area contributed by atoms with Crippen molar-refractivity contribution in [3.63, 3.8) is 0 Å². The highest BCUT2D eigenvalue weighted by atomic mass is 31.2. The fourth-order valence-electron chi connectivity index (χ4n) is 0.421. The van der Waals surface area contributed by atoms with Gasteiger partial charge in [0, 0.05) is 14.2 Å². The molecule has 0 spiro atoms. The average Bonchev–Trinajstić information content (AvgIpc) is 2.02. The van der Waals surface area contributed by atoms with Crippen molar-refractivity contribution in [1.29, 1.82) is 0 Å². The van der Waals surface area contributed by atoms with Crippen molar-refractivity contribution >= 4 is 13.6 Å². The molecule has 0 aliphatic rings. The van der Waals surface area contributed by atoms with Gasteiger partial charge in [-0.15, -0.1) is 0 Å². The summed E-state index contributed by atoms with van der Waals surface area (Å²) in [5.41, 5.74) is -4.52. The molecule has 0 aromatic rings. The molecule has 0 bridgehead atoms. The zero-order valence-corrected chi connectivity index (χ0v) is 7.18. The lowest BCUT2D eigenvalue weighted by Gasteiger charge is -2.19. The second-order valence-corrected chi connectivity index (χ2v) is 4.00. The number of halogens is 2. The van der Waals surface area contributed by atoms with Gasteiger partial charge in [0.15, 0.2) is 0 Å². The predicted octanol–water partition coefficient (Wildman–Crippen LogP) is 1.15.